The fourth-order valence-corrected chi connectivity index (χ4v) is 2.62. The van der Waals surface area contributed by atoms with Crippen molar-refractivity contribution in [3.05, 3.63) is 0 Å². The Morgan fingerprint density at radius 2 is 2.18 bits per heavy atom. The van der Waals surface area contributed by atoms with Crippen LogP contribution in [-0.2, 0) is 4.79 Å². The molecule has 1 rings (SSSR count). The molecule has 0 aromatic carbocycles. The van der Waals surface area contributed by atoms with Gasteiger partial charge in [-0.25, -0.2) is 0 Å². The average Bonchev–Trinajstić information content (AvgIpc) is 2.34. The zero-order valence-electron chi connectivity index (χ0n) is 11.6. The van der Waals surface area contributed by atoms with Gasteiger partial charge in [-0.15, -0.1) is 0 Å². The first kappa shape index (κ1) is 14.5. The first-order valence-electron chi connectivity index (χ1n) is 7.05. The quantitative estimate of drug-likeness (QED) is 0.802. The van der Waals surface area contributed by atoms with Crippen molar-refractivity contribution in [2.75, 3.05) is 7.05 Å². The summed E-state index contributed by atoms with van der Waals surface area (Å²) in [5, 5.41) is 0. The Kier molecular flexibility index (Phi) is 5.96. The Balaban J connectivity index is 2.27. The molecule has 3 unspecified atom stereocenters. The molecule has 1 aliphatic carbocycles. The molecule has 0 aromatic rings. The summed E-state index contributed by atoms with van der Waals surface area (Å²) in [6.45, 7) is 4.23. The van der Waals surface area contributed by atoms with Crippen molar-refractivity contribution in [3.63, 3.8) is 0 Å². The lowest BCUT2D eigenvalue weighted by molar-refractivity contribution is -0.132. The van der Waals surface area contributed by atoms with E-state index in [0.717, 1.165) is 25.7 Å². The van der Waals surface area contributed by atoms with Gasteiger partial charge < -0.3 is 10.6 Å². The number of nitrogens with two attached hydrogens (primary N) is 1. The largest absolute Gasteiger partial charge is 0.343 e. The standard InChI is InChI=1S/C14H28N2O/c1-4-11(2)16(3)14(17)9-8-12-6-5-7-13(15)10-12/h11-13H,4-10,15H2,1-3H3. The molecule has 17 heavy (non-hydrogen) atoms. The number of hydrogen-bond donors (Lipinski definition) is 1. The zero-order chi connectivity index (χ0) is 12.8. The van der Waals surface area contributed by atoms with E-state index in [9.17, 15) is 4.79 Å². The fraction of sp³-hybridized carbons (Fsp3) is 0.929. The molecule has 0 aliphatic heterocycles. The number of carbonyl (C=O) groups excluding carboxylic acids is 1. The zero-order valence-corrected chi connectivity index (χ0v) is 11.6. The predicted molar refractivity (Wildman–Crippen MR) is 71.7 cm³/mol. The van der Waals surface area contributed by atoms with Gasteiger partial charge in [-0.1, -0.05) is 19.8 Å². The third kappa shape index (κ3) is 4.66. The minimum atomic E-state index is 0.290. The molecule has 0 radical (unpaired) electrons. The van der Waals surface area contributed by atoms with Crippen molar-refractivity contribution in [3.8, 4) is 0 Å². The lowest BCUT2D eigenvalue weighted by Crippen LogP contribution is -2.35. The lowest BCUT2D eigenvalue weighted by Gasteiger charge is -2.28. The van der Waals surface area contributed by atoms with Gasteiger partial charge in [-0.2, -0.15) is 0 Å². The highest BCUT2D eigenvalue weighted by Crippen LogP contribution is 2.27. The molecule has 0 aromatic heterocycles. The summed E-state index contributed by atoms with van der Waals surface area (Å²) in [6.07, 6.45) is 7.51. The van der Waals surface area contributed by atoms with Crippen LogP contribution >= 0.6 is 0 Å². The maximum absolute atomic E-state index is 12.0. The number of hydrogen-bond acceptors (Lipinski definition) is 2. The van der Waals surface area contributed by atoms with Crippen LogP contribution in [0.1, 0.15) is 58.8 Å². The number of nitrogens with zero attached hydrogens (tertiary/aromatic N) is 1. The van der Waals surface area contributed by atoms with E-state index in [-0.39, 0.29) is 0 Å². The lowest BCUT2D eigenvalue weighted by atomic mass is 9.83. The molecule has 3 atom stereocenters. The maximum atomic E-state index is 12.0. The molecule has 1 amide bonds. The van der Waals surface area contributed by atoms with Gasteiger partial charge in [0.25, 0.3) is 0 Å². The Morgan fingerprint density at radius 3 is 2.76 bits per heavy atom. The van der Waals surface area contributed by atoms with Crippen LogP contribution in [-0.4, -0.2) is 29.9 Å². The van der Waals surface area contributed by atoms with Gasteiger partial charge in [-0.3, -0.25) is 4.79 Å². The van der Waals surface area contributed by atoms with E-state index in [4.69, 9.17) is 5.73 Å². The monoisotopic (exact) mass is 240 g/mol. The summed E-state index contributed by atoms with van der Waals surface area (Å²) < 4.78 is 0. The minimum Gasteiger partial charge on any atom is -0.343 e. The van der Waals surface area contributed by atoms with Crippen molar-refractivity contribution >= 4 is 5.91 Å². The summed E-state index contributed by atoms with van der Waals surface area (Å²) >= 11 is 0. The van der Waals surface area contributed by atoms with Crippen molar-refractivity contribution in [2.45, 2.75) is 70.9 Å². The van der Waals surface area contributed by atoms with E-state index in [1.807, 2.05) is 11.9 Å². The average molecular weight is 240 g/mol. The van der Waals surface area contributed by atoms with Crippen molar-refractivity contribution in [1.82, 2.24) is 4.90 Å². The van der Waals surface area contributed by atoms with Crippen LogP contribution in [0.15, 0.2) is 0 Å². The SMILES string of the molecule is CCC(C)N(C)C(=O)CCC1CCCC(N)C1. The molecule has 1 fully saturated rings. The van der Waals surface area contributed by atoms with E-state index in [0.29, 0.717) is 30.3 Å². The first-order valence-corrected chi connectivity index (χ1v) is 7.05. The smallest absolute Gasteiger partial charge is 0.222 e. The van der Waals surface area contributed by atoms with Gasteiger partial charge in [0.15, 0.2) is 0 Å². The third-order valence-electron chi connectivity index (χ3n) is 4.24. The molecule has 0 bridgehead atoms. The summed E-state index contributed by atoms with van der Waals surface area (Å²) in [5.41, 5.74) is 5.97. The summed E-state index contributed by atoms with van der Waals surface area (Å²) in [5.74, 6) is 0.964. The molecule has 3 heteroatoms. The second kappa shape index (κ2) is 7.00. The van der Waals surface area contributed by atoms with Gasteiger partial charge >= 0.3 is 0 Å². The molecule has 3 nitrogen and oxygen atoms in total. The Hall–Kier alpha value is -0.570. The predicted octanol–water partition coefficient (Wildman–Crippen LogP) is 2.54. The van der Waals surface area contributed by atoms with Gasteiger partial charge in [0.05, 0.1) is 0 Å². The van der Waals surface area contributed by atoms with Crippen LogP contribution in [0, 0.1) is 5.92 Å². The van der Waals surface area contributed by atoms with Crippen LogP contribution in [0.3, 0.4) is 0 Å². The maximum Gasteiger partial charge on any atom is 0.222 e. The third-order valence-corrected chi connectivity index (χ3v) is 4.24. The fourth-order valence-electron chi connectivity index (χ4n) is 2.62. The molecular weight excluding hydrogens is 212 g/mol. The van der Waals surface area contributed by atoms with Crippen molar-refractivity contribution in [2.24, 2.45) is 11.7 Å². The van der Waals surface area contributed by atoms with Crippen molar-refractivity contribution < 1.29 is 4.79 Å². The van der Waals surface area contributed by atoms with E-state index >= 15 is 0 Å². The van der Waals surface area contributed by atoms with Crippen LogP contribution in [0.4, 0.5) is 0 Å². The highest BCUT2D eigenvalue weighted by molar-refractivity contribution is 5.76. The molecule has 100 valence electrons. The van der Waals surface area contributed by atoms with Crippen LogP contribution in [0.2, 0.25) is 0 Å². The Labute approximate surface area is 106 Å². The van der Waals surface area contributed by atoms with Crippen LogP contribution in [0.25, 0.3) is 0 Å². The minimum absolute atomic E-state index is 0.290. The van der Waals surface area contributed by atoms with Gasteiger partial charge in [0.1, 0.15) is 0 Å². The van der Waals surface area contributed by atoms with Gasteiger partial charge in [0.2, 0.25) is 5.91 Å². The molecule has 1 aliphatic rings. The summed E-state index contributed by atoms with van der Waals surface area (Å²) in [7, 11) is 1.92. The molecule has 1 saturated carbocycles. The van der Waals surface area contributed by atoms with E-state index < -0.39 is 0 Å². The van der Waals surface area contributed by atoms with Crippen molar-refractivity contribution in [1.29, 1.82) is 0 Å². The Morgan fingerprint density at radius 1 is 1.47 bits per heavy atom. The van der Waals surface area contributed by atoms with E-state index in [1.165, 1.54) is 12.8 Å². The number of rotatable bonds is 5. The second-order valence-corrected chi connectivity index (χ2v) is 5.59. The molecular formula is C14H28N2O. The number of carbonyl (C=O) groups is 1. The van der Waals surface area contributed by atoms with Crippen LogP contribution < -0.4 is 5.73 Å². The first-order chi connectivity index (χ1) is 8.04. The normalized spacial score (nSPS) is 26.6. The van der Waals surface area contributed by atoms with Gasteiger partial charge in [-0.05, 0) is 38.5 Å². The molecule has 0 heterocycles. The topological polar surface area (TPSA) is 46.3 Å². The number of amides is 1. The highest BCUT2D eigenvalue weighted by Gasteiger charge is 2.21. The molecule has 0 spiro atoms. The molecule has 0 saturated heterocycles. The molecule has 2 N–H and O–H groups in total. The highest BCUT2D eigenvalue weighted by atomic mass is 16.2. The van der Waals surface area contributed by atoms with Crippen LogP contribution in [0.5, 0.6) is 0 Å². The Bertz CT molecular complexity index is 242. The summed E-state index contributed by atoms with van der Waals surface area (Å²) in [4.78, 5) is 13.9. The van der Waals surface area contributed by atoms with Gasteiger partial charge in [0, 0.05) is 25.6 Å². The van der Waals surface area contributed by atoms with E-state index in [2.05, 4.69) is 13.8 Å². The second-order valence-electron chi connectivity index (χ2n) is 5.59. The van der Waals surface area contributed by atoms with E-state index in [1.54, 1.807) is 0 Å². The summed E-state index contributed by atoms with van der Waals surface area (Å²) in [6, 6.07) is 0.729.